The van der Waals surface area contributed by atoms with Crippen LogP contribution in [0.3, 0.4) is 0 Å². The molecule has 2 atom stereocenters. The smallest absolute Gasteiger partial charge is 0.283 e. The first kappa shape index (κ1) is 14.9. The zero-order chi connectivity index (χ0) is 16.2. The maximum Gasteiger partial charge on any atom is 0.283 e. The highest BCUT2D eigenvalue weighted by atomic mass is 16.6. The lowest BCUT2D eigenvalue weighted by molar-refractivity contribution is -0.132. The SMILES string of the molecule is COc1ccnc(NNC(=O)[C@H]2Oc3ccccc3O[C@@H]2C)n1. The number of amides is 1. The summed E-state index contributed by atoms with van der Waals surface area (Å²) in [5, 5.41) is 0. The molecule has 1 amide bonds. The van der Waals surface area contributed by atoms with E-state index in [2.05, 4.69) is 20.8 Å². The number of hydrogen-bond donors (Lipinski definition) is 2. The number of carbonyl (C=O) groups excluding carboxylic acids is 1. The molecule has 0 bridgehead atoms. The first-order chi connectivity index (χ1) is 11.2. The number of nitrogens with zero attached hydrogens (tertiary/aromatic N) is 2. The molecular weight excluding hydrogens is 300 g/mol. The van der Waals surface area contributed by atoms with Crippen LogP contribution in [0, 0.1) is 0 Å². The summed E-state index contributed by atoms with van der Waals surface area (Å²) >= 11 is 0. The number of para-hydroxylation sites is 2. The van der Waals surface area contributed by atoms with E-state index in [9.17, 15) is 4.79 Å². The Morgan fingerprint density at radius 2 is 1.96 bits per heavy atom. The molecule has 1 aromatic heterocycles. The van der Waals surface area contributed by atoms with Crippen LogP contribution in [0.5, 0.6) is 17.4 Å². The lowest BCUT2D eigenvalue weighted by Crippen LogP contribution is -2.50. The van der Waals surface area contributed by atoms with Crippen molar-refractivity contribution < 1.29 is 19.0 Å². The molecule has 0 spiro atoms. The molecule has 3 rings (SSSR count). The average molecular weight is 316 g/mol. The Hall–Kier alpha value is -3.03. The van der Waals surface area contributed by atoms with E-state index < -0.39 is 18.1 Å². The number of carbonyl (C=O) groups is 1. The molecule has 0 saturated heterocycles. The van der Waals surface area contributed by atoms with Gasteiger partial charge in [0.05, 0.1) is 7.11 Å². The molecule has 1 aliphatic heterocycles. The quantitative estimate of drug-likeness (QED) is 0.817. The zero-order valence-corrected chi connectivity index (χ0v) is 12.6. The van der Waals surface area contributed by atoms with Crippen LogP contribution in [0.2, 0.25) is 0 Å². The van der Waals surface area contributed by atoms with Crippen molar-refractivity contribution in [3.05, 3.63) is 36.5 Å². The topological polar surface area (TPSA) is 94.6 Å². The molecule has 0 unspecified atom stereocenters. The number of benzene rings is 1. The minimum atomic E-state index is -0.789. The molecule has 8 heteroatoms. The Bertz CT molecular complexity index is 709. The fourth-order valence-electron chi connectivity index (χ4n) is 2.11. The van der Waals surface area contributed by atoms with Crippen LogP contribution in [0.25, 0.3) is 0 Å². The van der Waals surface area contributed by atoms with Crippen LogP contribution in [0.4, 0.5) is 5.95 Å². The number of hydrazine groups is 1. The third-order valence-corrected chi connectivity index (χ3v) is 3.24. The maximum atomic E-state index is 12.3. The Morgan fingerprint density at radius 1 is 1.22 bits per heavy atom. The van der Waals surface area contributed by atoms with Gasteiger partial charge in [0.25, 0.3) is 5.91 Å². The van der Waals surface area contributed by atoms with Crippen molar-refractivity contribution in [2.24, 2.45) is 0 Å². The Labute approximate surface area is 132 Å². The molecule has 0 radical (unpaired) electrons. The average Bonchev–Trinajstić information content (AvgIpc) is 2.59. The number of ether oxygens (including phenoxy) is 3. The highest BCUT2D eigenvalue weighted by Gasteiger charge is 2.34. The number of rotatable bonds is 4. The van der Waals surface area contributed by atoms with Gasteiger partial charge in [0, 0.05) is 12.3 Å². The first-order valence-electron chi connectivity index (χ1n) is 7.02. The van der Waals surface area contributed by atoms with E-state index in [0.717, 1.165) is 0 Å². The van der Waals surface area contributed by atoms with Gasteiger partial charge in [-0.3, -0.25) is 15.6 Å². The standard InChI is InChI=1S/C15H16N4O4/c1-9-13(23-11-6-4-3-5-10(11)22-9)14(20)18-19-15-16-8-7-12(17-15)21-2/h3-9,13H,1-2H3,(H,18,20)(H,16,17,19)/t9-,13+/m1/s1. The van der Waals surface area contributed by atoms with E-state index in [-0.39, 0.29) is 5.95 Å². The monoisotopic (exact) mass is 316 g/mol. The molecule has 2 aromatic rings. The van der Waals surface area contributed by atoms with E-state index in [4.69, 9.17) is 14.2 Å². The third kappa shape index (κ3) is 3.25. The summed E-state index contributed by atoms with van der Waals surface area (Å²) in [5.74, 6) is 1.36. The van der Waals surface area contributed by atoms with Gasteiger partial charge in [-0.2, -0.15) is 4.98 Å². The number of aromatic nitrogens is 2. The molecule has 1 aromatic carbocycles. The Balaban J connectivity index is 1.64. The van der Waals surface area contributed by atoms with E-state index in [0.29, 0.717) is 17.4 Å². The molecule has 120 valence electrons. The predicted octanol–water partition coefficient (Wildman–Crippen LogP) is 1.16. The van der Waals surface area contributed by atoms with Crippen molar-refractivity contribution in [3.8, 4) is 17.4 Å². The van der Waals surface area contributed by atoms with Crippen LogP contribution >= 0.6 is 0 Å². The van der Waals surface area contributed by atoms with E-state index in [1.165, 1.54) is 13.3 Å². The minimum Gasteiger partial charge on any atom is -0.482 e. The highest BCUT2D eigenvalue weighted by Crippen LogP contribution is 2.33. The Kier molecular flexibility index (Phi) is 4.13. The van der Waals surface area contributed by atoms with Crippen molar-refractivity contribution in [1.29, 1.82) is 0 Å². The second kappa shape index (κ2) is 6.39. The summed E-state index contributed by atoms with van der Waals surface area (Å²) in [6, 6.07) is 8.80. The van der Waals surface area contributed by atoms with Gasteiger partial charge in [-0.15, -0.1) is 0 Å². The first-order valence-corrected chi connectivity index (χ1v) is 7.02. The van der Waals surface area contributed by atoms with Crippen LogP contribution < -0.4 is 25.1 Å². The van der Waals surface area contributed by atoms with Gasteiger partial charge in [0.15, 0.2) is 11.5 Å². The largest absolute Gasteiger partial charge is 0.482 e. The second-order valence-corrected chi connectivity index (χ2v) is 4.85. The molecule has 8 nitrogen and oxygen atoms in total. The molecule has 0 aliphatic carbocycles. The van der Waals surface area contributed by atoms with Gasteiger partial charge in [-0.1, -0.05) is 12.1 Å². The lowest BCUT2D eigenvalue weighted by atomic mass is 10.1. The van der Waals surface area contributed by atoms with Crippen molar-refractivity contribution in [2.45, 2.75) is 19.1 Å². The molecule has 2 heterocycles. The number of fused-ring (bicyclic) bond motifs is 1. The lowest BCUT2D eigenvalue weighted by Gasteiger charge is -2.30. The van der Waals surface area contributed by atoms with Gasteiger partial charge < -0.3 is 14.2 Å². The predicted molar refractivity (Wildman–Crippen MR) is 81.3 cm³/mol. The summed E-state index contributed by atoms with van der Waals surface area (Å²) < 4.78 is 16.4. The molecular formula is C15H16N4O4. The summed E-state index contributed by atoms with van der Waals surface area (Å²) in [4.78, 5) is 20.3. The van der Waals surface area contributed by atoms with E-state index in [1.54, 1.807) is 25.1 Å². The molecule has 1 aliphatic rings. The van der Waals surface area contributed by atoms with Gasteiger partial charge in [-0.05, 0) is 19.1 Å². The second-order valence-electron chi connectivity index (χ2n) is 4.85. The van der Waals surface area contributed by atoms with E-state index >= 15 is 0 Å². The van der Waals surface area contributed by atoms with Crippen LogP contribution in [-0.2, 0) is 4.79 Å². The highest BCUT2D eigenvalue weighted by molar-refractivity contribution is 5.83. The molecule has 0 fully saturated rings. The van der Waals surface area contributed by atoms with Crippen LogP contribution in [0.15, 0.2) is 36.5 Å². The normalized spacial score (nSPS) is 18.9. The Morgan fingerprint density at radius 3 is 2.70 bits per heavy atom. The number of methoxy groups -OCH3 is 1. The van der Waals surface area contributed by atoms with Crippen molar-refractivity contribution in [1.82, 2.24) is 15.4 Å². The van der Waals surface area contributed by atoms with Gasteiger partial charge >= 0.3 is 0 Å². The third-order valence-electron chi connectivity index (χ3n) is 3.24. The molecule has 2 N–H and O–H groups in total. The van der Waals surface area contributed by atoms with Crippen LogP contribution in [0.1, 0.15) is 6.92 Å². The minimum absolute atomic E-state index is 0.211. The van der Waals surface area contributed by atoms with Gasteiger partial charge in [0.1, 0.15) is 6.10 Å². The van der Waals surface area contributed by atoms with Crippen molar-refractivity contribution in [3.63, 3.8) is 0 Å². The molecule has 23 heavy (non-hydrogen) atoms. The van der Waals surface area contributed by atoms with E-state index in [1.807, 2.05) is 12.1 Å². The summed E-state index contributed by atoms with van der Waals surface area (Å²) in [6.07, 6.45) is 0.292. The summed E-state index contributed by atoms with van der Waals surface area (Å²) in [6.45, 7) is 1.77. The van der Waals surface area contributed by atoms with Crippen molar-refractivity contribution >= 4 is 11.9 Å². The fraction of sp³-hybridized carbons (Fsp3) is 0.267. The number of hydrogen-bond acceptors (Lipinski definition) is 7. The van der Waals surface area contributed by atoms with Crippen molar-refractivity contribution in [2.75, 3.05) is 12.5 Å². The summed E-state index contributed by atoms with van der Waals surface area (Å²) in [7, 11) is 1.50. The summed E-state index contributed by atoms with van der Waals surface area (Å²) in [5.41, 5.74) is 5.13. The fourth-order valence-corrected chi connectivity index (χ4v) is 2.11. The van der Waals surface area contributed by atoms with Gasteiger partial charge in [0.2, 0.25) is 17.9 Å². The van der Waals surface area contributed by atoms with Crippen LogP contribution in [-0.4, -0.2) is 35.2 Å². The number of anilines is 1. The maximum absolute atomic E-state index is 12.3. The van der Waals surface area contributed by atoms with Gasteiger partial charge in [-0.25, -0.2) is 4.98 Å². The number of nitrogens with one attached hydrogen (secondary N) is 2. The molecule has 0 saturated carbocycles. The zero-order valence-electron chi connectivity index (χ0n) is 12.6.